The number of nitrogens with one attached hydrogen (secondary N) is 1. The van der Waals surface area contributed by atoms with Gasteiger partial charge in [-0.15, -0.1) is 0 Å². The first-order valence-electron chi connectivity index (χ1n) is 5.57. The first-order valence-corrected chi connectivity index (χ1v) is 6.74. The fourth-order valence-electron chi connectivity index (χ4n) is 1.69. The standard InChI is InChI=1S/C14H11BrClNO2/c15-10-4-5-13(12(7-10)14(18)19)17-8-9-2-1-3-11(16)6-9/h1-7,17H,8H2,(H,18,19). The van der Waals surface area contributed by atoms with Crippen molar-refractivity contribution >= 4 is 39.2 Å². The van der Waals surface area contributed by atoms with Crippen molar-refractivity contribution in [3.05, 3.63) is 63.1 Å². The van der Waals surface area contributed by atoms with Crippen LogP contribution in [0.3, 0.4) is 0 Å². The molecule has 2 N–H and O–H groups in total. The van der Waals surface area contributed by atoms with Crippen molar-refractivity contribution in [3.8, 4) is 0 Å². The maximum Gasteiger partial charge on any atom is 0.337 e. The number of carbonyl (C=O) groups is 1. The van der Waals surface area contributed by atoms with Crippen LogP contribution < -0.4 is 5.32 Å². The highest BCUT2D eigenvalue weighted by atomic mass is 79.9. The molecule has 0 saturated heterocycles. The third kappa shape index (κ3) is 3.72. The zero-order valence-electron chi connectivity index (χ0n) is 9.86. The molecule has 0 aromatic heterocycles. The van der Waals surface area contributed by atoms with Gasteiger partial charge in [0.1, 0.15) is 0 Å². The van der Waals surface area contributed by atoms with Crippen LogP contribution in [0.25, 0.3) is 0 Å². The summed E-state index contributed by atoms with van der Waals surface area (Å²) in [5.41, 5.74) is 1.80. The normalized spacial score (nSPS) is 10.2. The van der Waals surface area contributed by atoms with Gasteiger partial charge in [-0.3, -0.25) is 0 Å². The van der Waals surface area contributed by atoms with Gasteiger partial charge in [0.2, 0.25) is 0 Å². The maximum absolute atomic E-state index is 11.2. The minimum atomic E-state index is -0.963. The second kappa shape index (κ2) is 6.08. The van der Waals surface area contributed by atoms with E-state index in [-0.39, 0.29) is 5.56 Å². The maximum atomic E-state index is 11.2. The Morgan fingerprint density at radius 2 is 2.05 bits per heavy atom. The quantitative estimate of drug-likeness (QED) is 0.866. The number of rotatable bonds is 4. The Morgan fingerprint density at radius 1 is 1.26 bits per heavy atom. The average Bonchev–Trinajstić information content (AvgIpc) is 2.37. The van der Waals surface area contributed by atoms with Crippen molar-refractivity contribution in [1.82, 2.24) is 0 Å². The van der Waals surface area contributed by atoms with Crippen molar-refractivity contribution in [3.63, 3.8) is 0 Å². The molecule has 0 saturated carbocycles. The first-order chi connectivity index (χ1) is 9.06. The molecular weight excluding hydrogens is 330 g/mol. The Balaban J connectivity index is 2.17. The highest BCUT2D eigenvalue weighted by molar-refractivity contribution is 9.10. The molecule has 0 aliphatic carbocycles. The lowest BCUT2D eigenvalue weighted by molar-refractivity contribution is 0.0698. The third-order valence-corrected chi connectivity index (χ3v) is 3.31. The van der Waals surface area contributed by atoms with Gasteiger partial charge in [-0.25, -0.2) is 4.79 Å². The van der Waals surface area contributed by atoms with E-state index in [1.807, 2.05) is 18.2 Å². The molecule has 0 heterocycles. The van der Waals surface area contributed by atoms with Gasteiger partial charge in [-0.1, -0.05) is 39.7 Å². The SMILES string of the molecule is O=C(O)c1cc(Br)ccc1NCc1cccc(Cl)c1. The molecule has 0 spiro atoms. The van der Waals surface area contributed by atoms with Crippen LogP contribution in [0.5, 0.6) is 0 Å². The summed E-state index contributed by atoms with van der Waals surface area (Å²) in [6.07, 6.45) is 0. The molecule has 0 aliphatic heterocycles. The van der Waals surface area contributed by atoms with Crippen molar-refractivity contribution < 1.29 is 9.90 Å². The Hall–Kier alpha value is -1.52. The molecule has 0 unspecified atom stereocenters. The van der Waals surface area contributed by atoms with E-state index in [9.17, 15) is 4.79 Å². The third-order valence-electron chi connectivity index (χ3n) is 2.58. The van der Waals surface area contributed by atoms with Crippen LogP contribution in [-0.2, 0) is 6.54 Å². The topological polar surface area (TPSA) is 49.3 Å². The minimum Gasteiger partial charge on any atom is -0.478 e. The van der Waals surface area contributed by atoms with Gasteiger partial charge < -0.3 is 10.4 Å². The summed E-state index contributed by atoms with van der Waals surface area (Å²) in [5.74, 6) is -0.963. The van der Waals surface area contributed by atoms with Gasteiger partial charge in [0.15, 0.2) is 0 Å². The summed E-state index contributed by atoms with van der Waals surface area (Å²) in [5, 5.41) is 12.9. The predicted molar refractivity (Wildman–Crippen MR) is 79.9 cm³/mol. The van der Waals surface area contributed by atoms with Crippen molar-refractivity contribution in [2.24, 2.45) is 0 Å². The average molecular weight is 341 g/mol. The lowest BCUT2D eigenvalue weighted by atomic mass is 10.1. The smallest absolute Gasteiger partial charge is 0.337 e. The predicted octanol–water partition coefficient (Wildman–Crippen LogP) is 4.41. The molecule has 0 amide bonds. The van der Waals surface area contributed by atoms with Gasteiger partial charge in [0, 0.05) is 21.7 Å². The van der Waals surface area contributed by atoms with Gasteiger partial charge in [0.05, 0.1) is 5.56 Å². The highest BCUT2D eigenvalue weighted by Gasteiger charge is 2.10. The van der Waals surface area contributed by atoms with Crippen molar-refractivity contribution in [1.29, 1.82) is 0 Å². The monoisotopic (exact) mass is 339 g/mol. The van der Waals surface area contributed by atoms with E-state index in [1.54, 1.807) is 24.3 Å². The van der Waals surface area contributed by atoms with Gasteiger partial charge >= 0.3 is 5.97 Å². The van der Waals surface area contributed by atoms with Crippen LogP contribution in [0.4, 0.5) is 5.69 Å². The molecule has 98 valence electrons. The number of halogens is 2. The van der Waals surface area contributed by atoms with Crippen LogP contribution >= 0.6 is 27.5 Å². The van der Waals surface area contributed by atoms with Gasteiger partial charge in [-0.2, -0.15) is 0 Å². The summed E-state index contributed by atoms with van der Waals surface area (Å²) < 4.78 is 0.734. The number of hydrogen-bond acceptors (Lipinski definition) is 2. The number of aromatic carboxylic acids is 1. The van der Waals surface area contributed by atoms with Gasteiger partial charge in [-0.05, 0) is 35.9 Å². The zero-order chi connectivity index (χ0) is 13.8. The summed E-state index contributed by atoms with van der Waals surface area (Å²) in [7, 11) is 0. The Morgan fingerprint density at radius 3 is 2.74 bits per heavy atom. The van der Waals surface area contributed by atoms with E-state index in [0.29, 0.717) is 17.3 Å². The summed E-state index contributed by atoms with van der Waals surface area (Å²) >= 11 is 9.16. The lowest BCUT2D eigenvalue weighted by Crippen LogP contribution is -2.06. The molecule has 0 fully saturated rings. The molecule has 2 rings (SSSR count). The van der Waals surface area contributed by atoms with E-state index in [2.05, 4.69) is 21.2 Å². The molecule has 0 bridgehead atoms. The van der Waals surface area contributed by atoms with Gasteiger partial charge in [0.25, 0.3) is 0 Å². The summed E-state index contributed by atoms with van der Waals surface area (Å²) in [6, 6.07) is 12.5. The van der Waals surface area contributed by atoms with Crippen LogP contribution in [0, 0.1) is 0 Å². The van der Waals surface area contributed by atoms with E-state index < -0.39 is 5.97 Å². The number of anilines is 1. The van der Waals surface area contributed by atoms with E-state index >= 15 is 0 Å². The van der Waals surface area contributed by atoms with E-state index in [1.165, 1.54) is 0 Å². The van der Waals surface area contributed by atoms with Crippen LogP contribution in [0.2, 0.25) is 5.02 Å². The molecular formula is C14H11BrClNO2. The highest BCUT2D eigenvalue weighted by Crippen LogP contribution is 2.22. The number of hydrogen-bond donors (Lipinski definition) is 2. The lowest BCUT2D eigenvalue weighted by Gasteiger charge is -2.10. The van der Waals surface area contributed by atoms with Crippen LogP contribution in [0.15, 0.2) is 46.9 Å². The fraction of sp³-hybridized carbons (Fsp3) is 0.0714. The zero-order valence-corrected chi connectivity index (χ0v) is 12.2. The molecule has 0 aliphatic rings. The van der Waals surface area contributed by atoms with E-state index in [4.69, 9.17) is 16.7 Å². The van der Waals surface area contributed by atoms with Crippen molar-refractivity contribution in [2.75, 3.05) is 5.32 Å². The molecule has 19 heavy (non-hydrogen) atoms. The molecule has 0 radical (unpaired) electrons. The Bertz CT molecular complexity index is 616. The number of carboxylic acids is 1. The van der Waals surface area contributed by atoms with E-state index in [0.717, 1.165) is 10.0 Å². The minimum absolute atomic E-state index is 0.233. The molecule has 2 aromatic rings. The van der Waals surface area contributed by atoms with Crippen molar-refractivity contribution in [2.45, 2.75) is 6.54 Å². The summed E-state index contributed by atoms with van der Waals surface area (Å²) in [6.45, 7) is 0.516. The summed E-state index contributed by atoms with van der Waals surface area (Å²) in [4.78, 5) is 11.2. The molecule has 3 nitrogen and oxygen atoms in total. The van der Waals surface area contributed by atoms with Crippen LogP contribution in [0.1, 0.15) is 15.9 Å². The fourth-order valence-corrected chi connectivity index (χ4v) is 2.27. The number of carboxylic acid groups (broad SMARTS) is 1. The second-order valence-corrected chi connectivity index (χ2v) is 5.33. The largest absolute Gasteiger partial charge is 0.478 e. The number of benzene rings is 2. The first kappa shape index (κ1) is 13.9. The Labute approximate surface area is 124 Å². The molecule has 0 atom stereocenters. The second-order valence-electron chi connectivity index (χ2n) is 3.98. The molecule has 2 aromatic carbocycles. The molecule has 5 heteroatoms. The Kier molecular flexibility index (Phi) is 4.45. The van der Waals surface area contributed by atoms with Crippen LogP contribution in [-0.4, -0.2) is 11.1 Å².